The molecule has 20 heavy (non-hydrogen) atoms. The molecule has 2 aliphatic rings. The zero-order chi connectivity index (χ0) is 14.4. The number of nitrogens with zero attached hydrogens (tertiary/aromatic N) is 2. The van der Waals surface area contributed by atoms with E-state index in [0.29, 0.717) is 6.04 Å². The van der Waals surface area contributed by atoms with Gasteiger partial charge >= 0.3 is 5.97 Å². The van der Waals surface area contributed by atoms with E-state index >= 15 is 0 Å². The van der Waals surface area contributed by atoms with E-state index in [9.17, 15) is 9.90 Å². The van der Waals surface area contributed by atoms with Crippen molar-refractivity contribution in [1.29, 1.82) is 0 Å². The Morgan fingerprint density at radius 1 is 1.35 bits per heavy atom. The Labute approximate surface area is 120 Å². The Hall–Kier alpha value is -1.55. The van der Waals surface area contributed by atoms with Crippen LogP contribution in [0.5, 0.6) is 0 Å². The number of fused-ring (bicyclic) bond motifs is 2. The van der Waals surface area contributed by atoms with Crippen LogP contribution in [0, 0.1) is 12.8 Å². The van der Waals surface area contributed by atoms with Gasteiger partial charge in [-0.2, -0.15) is 0 Å². The molecule has 108 valence electrons. The molecule has 2 heterocycles. The molecule has 3 rings (SSSR count). The second-order valence-electron chi connectivity index (χ2n) is 6.22. The highest BCUT2D eigenvalue weighted by Crippen LogP contribution is 2.45. The zero-order valence-electron chi connectivity index (χ0n) is 12.3. The smallest absolute Gasteiger partial charge is 0.311 e. The van der Waals surface area contributed by atoms with Crippen molar-refractivity contribution < 1.29 is 9.90 Å². The number of aliphatic carboxylic acids is 1. The van der Waals surface area contributed by atoms with Gasteiger partial charge < -0.3 is 14.9 Å². The lowest BCUT2D eigenvalue weighted by atomic mass is 9.73. The van der Waals surface area contributed by atoms with Gasteiger partial charge in [-0.15, -0.1) is 0 Å². The third-order valence-electron chi connectivity index (χ3n) is 4.97. The summed E-state index contributed by atoms with van der Waals surface area (Å²) in [6, 6.07) is 6.37. The molecule has 0 radical (unpaired) electrons. The fourth-order valence-electron chi connectivity index (χ4n) is 4.08. The zero-order valence-corrected chi connectivity index (χ0v) is 12.3. The van der Waals surface area contributed by atoms with Crippen molar-refractivity contribution in [3.63, 3.8) is 0 Å². The van der Waals surface area contributed by atoms with E-state index in [4.69, 9.17) is 0 Å². The largest absolute Gasteiger partial charge is 0.481 e. The molecule has 0 aliphatic carbocycles. The molecule has 3 unspecified atom stereocenters. The molecule has 1 saturated heterocycles. The summed E-state index contributed by atoms with van der Waals surface area (Å²) in [7, 11) is 4.20. The summed E-state index contributed by atoms with van der Waals surface area (Å²) < 4.78 is 0. The van der Waals surface area contributed by atoms with Crippen LogP contribution < -0.4 is 4.90 Å². The van der Waals surface area contributed by atoms with Gasteiger partial charge in [0.2, 0.25) is 0 Å². The van der Waals surface area contributed by atoms with Crippen molar-refractivity contribution in [2.45, 2.75) is 25.3 Å². The molecule has 1 N–H and O–H groups in total. The molecule has 4 heteroatoms. The maximum atomic E-state index is 11.9. The number of carbonyl (C=O) groups is 1. The molecule has 3 atom stereocenters. The van der Waals surface area contributed by atoms with Crippen molar-refractivity contribution in [2.24, 2.45) is 5.92 Å². The van der Waals surface area contributed by atoms with Crippen LogP contribution in [0.1, 0.15) is 23.5 Å². The lowest BCUT2D eigenvalue weighted by Crippen LogP contribution is -2.55. The number of carboxylic acid groups (broad SMARTS) is 1. The van der Waals surface area contributed by atoms with Gasteiger partial charge in [0, 0.05) is 31.2 Å². The minimum Gasteiger partial charge on any atom is -0.481 e. The average Bonchev–Trinajstić information content (AvgIpc) is 2.38. The highest BCUT2D eigenvalue weighted by atomic mass is 16.4. The Bertz CT molecular complexity index is 543. The summed E-state index contributed by atoms with van der Waals surface area (Å²) >= 11 is 0. The van der Waals surface area contributed by atoms with E-state index in [-0.39, 0.29) is 11.8 Å². The van der Waals surface area contributed by atoms with Crippen molar-refractivity contribution in [1.82, 2.24) is 4.90 Å². The minimum atomic E-state index is -0.685. The van der Waals surface area contributed by atoms with E-state index in [0.717, 1.165) is 30.8 Å². The third-order valence-corrected chi connectivity index (χ3v) is 4.97. The van der Waals surface area contributed by atoms with E-state index in [2.05, 4.69) is 36.9 Å². The number of carboxylic acids is 1. The average molecular weight is 274 g/mol. The van der Waals surface area contributed by atoms with Crippen LogP contribution in [0.4, 0.5) is 5.69 Å². The van der Waals surface area contributed by atoms with Gasteiger partial charge in [0.15, 0.2) is 0 Å². The molecule has 0 bridgehead atoms. The van der Waals surface area contributed by atoms with E-state index < -0.39 is 5.97 Å². The maximum Gasteiger partial charge on any atom is 0.311 e. The summed E-state index contributed by atoms with van der Waals surface area (Å²) in [5, 5.41) is 9.75. The normalized spacial score (nSPS) is 29.8. The van der Waals surface area contributed by atoms with Crippen LogP contribution in [0.15, 0.2) is 18.2 Å². The van der Waals surface area contributed by atoms with Gasteiger partial charge in [0.25, 0.3) is 0 Å². The number of rotatable bonds is 1. The molecule has 1 aromatic rings. The predicted octanol–water partition coefficient (Wildman–Crippen LogP) is 1.93. The first-order valence-corrected chi connectivity index (χ1v) is 7.24. The highest BCUT2D eigenvalue weighted by molar-refractivity contribution is 5.82. The van der Waals surface area contributed by atoms with E-state index in [1.807, 2.05) is 12.1 Å². The molecule has 0 amide bonds. The van der Waals surface area contributed by atoms with Crippen LogP contribution in [0.3, 0.4) is 0 Å². The van der Waals surface area contributed by atoms with Crippen LogP contribution in [-0.4, -0.2) is 49.2 Å². The molecular formula is C16H22N2O2. The van der Waals surface area contributed by atoms with Crippen LogP contribution in [-0.2, 0) is 4.79 Å². The number of piperidine rings is 1. The first-order valence-electron chi connectivity index (χ1n) is 7.24. The van der Waals surface area contributed by atoms with Crippen LogP contribution in [0.2, 0.25) is 0 Å². The van der Waals surface area contributed by atoms with Gasteiger partial charge in [-0.1, -0.05) is 18.2 Å². The van der Waals surface area contributed by atoms with Gasteiger partial charge in [-0.25, -0.2) is 0 Å². The Morgan fingerprint density at radius 2 is 2.10 bits per heavy atom. The highest BCUT2D eigenvalue weighted by Gasteiger charge is 2.45. The first kappa shape index (κ1) is 13.4. The Balaban J connectivity index is 2.14. The third kappa shape index (κ3) is 1.90. The lowest BCUT2D eigenvalue weighted by molar-refractivity contribution is -0.141. The van der Waals surface area contributed by atoms with Gasteiger partial charge in [0.05, 0.1) is 5.92 Å². The quantitative estimate of drug-likeness (QED) is 0.850. The van der Waals surface area contributed by atoms with Gasteiger partial charge in [-0.05, 0) is 38.1 Å². The number of likely N-dealkylation sites (tertiary alicyclic amines) is 1. The first-order chi connectivity index (χ1) is 9.50. The van der Waals surface area contributed by atoms with Crippen LogP contribution >= 0.6 is 0 Å². The predicted molar refractivity (Wildman–Crippen MR) is 79.4 cm³/mol. The fourth-order valence-corrected chi connectivity index (χ4v) is 4.08. The number of hydrogen-bond donors (Lipinski definition) is 1. The van der Waals surface area contributed by atoms with E-state index in [1.54, 1.807) is 0 Å². The molecule has 1 aromatic carbocycles. The summed E-state index contributed by atoms with van der Waals surface area (Å²) in [5.41, 5.74) is 3.29. The molecular weight excluding hydrogens is 252 g/mol. The van der Waals surface area contributed by atoms with E-state index in [1.165, 1.54) is 5.56 Å². The summed E-state index contributed by atoms with van der Waals surface area (Å²) in [4.78, 5) is 16.4. The second-order valence-corrected chi connectivity index (χ2v) is 6.22. The summed E-state index contributed by atoms with van der Waals surface area (Å²) in [5.74, 6) is -0.894. The molecule has 0 saturated carbocycles. The number of benzene rings is 1. The van der Waals surface area contributed by atoms with Crippen molar-refractivity contribution >= 4 is 11.7 Å². The van der Waals surface area contributed by atoms with Crippen molar-refractivity contribution in [3.8, 4) is 0 Å². The standard InChI is InChI=1S/C16H22N2O2/c1-10-5-4-6-11-14(16(19)20)12-9-17(2)8-7-13(12)18(3)15(10)11/h4-6,12-14H,7-9H2,1-3H3,(H,19,20). The minimum absolute atomic E-state index is 0.172. The molecule has 0 spiro atoms. The Kier molecular flexibility index (Phi) is 3.21. The number of para-hydroxylation sites is 1. The fraction of sp³-hybridized carbons (Fsp3) is 0.562. The topological polar surface area (TPSA) is 43.8 Å². The van der Waals surface area contributed by atoms with Crippen molar-refractivity contribution in [2.75, 3.05) is 32.1 Å². The number of hydrogen-bond acceptors (Lipinski definition) is 3. The number of aryl methyl sites for hydroxylation is 1. The Morgan fingerprint density at radius 3 is 2.80 bits per heavy atom. The van der Waals surface area contributed by atoms with Gasteiger partial charge in [0.1, 0.15) is 0 Å². The van der Waals surface area contributed by atoms with Gasteiger partial charge in [-0.3, -0.25) is 4.79 Å². The van der Waals surface area contributed by atoms with Crippen LogP contribution in [0.25, 0.3) is 0 Å². The molecule has 0 aromatic heterocycles. The molecule has 4 nitrogen and oxygen atoms in total. The molecule has 1 fully saturated rings. The lowest BCUT2D eigenvalue weighted by Gasteiger charge is -2.49. The maximum absolute atomic E-state index is 11.9. The monoisotopic (exact) mass is 274 g/mol. The summed E-state index contributed by atoms with van der Waals surface area (Å²) in [6.07, 6.45) is 1.04. The van der Waals surface area contributed by atoms with Crippen molar-refractivity contribution in [3.05, 3.63) is 29.3 Å². The second kappa shape index (κ2) is 4.77. The SMILES string of the molecule is Cc1cccc2c1N(C)C1CCN(C)CC1C2C(=O)O. The molecule has 2 aliphatic heterocycles. The number of anilines is 1. The summed E-state index contributed by atoms with van der Waals surface area (Å²) in [6.45, 7) is 3.97.